The average molecular weight is 295 g/mol. The van der Waals surface area contributed by atoms with E-state index >= 15 is 0 Å². The summed E-state index contributed by atoms with van der Waals surface area (Å²) < 4.78 is 1.82. The van der Waals surface area contributed by atoms with Crippen molar-refractivity contribution in [2.45, 2.75) is 33.1 Å². The Hall–Kier alpha value is -2.54. The molecular weight excluding hydrogens is 274 g/mol. The Morgan fingerprint density at radius 1 is 1.27 bits per heavy atom. The van der Waals surface area contributed by atoms with Crippen molar-refractivity contribution in [3.05, 3.63) is 53.3 Å². The summed E-state index contributed by atoms with van der Waals surface area (Å²) in [5.74, 6) is -0.194. The Bertz CT molecular complexity index is 695. The van der Waals surface area contributed by atoms with Gasteiger partial charge in [-0.2, -0.15) is 5.26 Å². The summed E-state index contributed by atoms with van der Waals surface area (Å²) in [4.78, 5) is 12.5. The Balaban J connectivity index is 2.43. The Morgan fingerprint density at radius 3 is 2.73 bits per heavy atom. The first-order valence-electron chi connectivity index (χ1n) is 7.70. The fourth-order valence-corrected chi connectivity index (χ4v) is 2.46. The van der Waals surface area contributed by atoms with Gasteiger partial charge in [-0.05, 0) is 30.5 Å². The highest BCUT2D eigenvalue weighted by Crippen LogP contribution is 2.21. The molecule has 2 rings (SSSR count). The molecular formula is C18H21N3O. The molecule has 0 atom stereocenters. The van der Waals surface area contributed by atoms with Crippen LogP contribution in [0.4, 0.5) is 0 Å². The molecule has 0 aliphatic carbocycles. The smallest absolute Gasteiger partial charge is 0.269 e. The third-order valence-electron chi connectivity index (χ3n) is 3.67. The highest BCUT2D eigenvalue weighted by atomic mass is 16.1. The number of nitriles is 1. The molecule has 0 aliphatic rings. The van der Waals surface area contributed by atoms with Crippen molar-refractivity contribution in [2.24, 2.45) is 0 Å². The number of hydrogen-bond donors (Lipinski definition) is 1. The maximum Gasteiger partial charge on any atom is 0.269 e. The number of para-hydroxylation sites is 1. The van der Waals surface area contributed by atoms with Crippen LogP contribution in [0.25, 0.3) is 5.69 Å². The number of benzene rings is 1. The van der Waals surface area contributed by atoms with E-state index in [2.05, 4.69) is 25.2 Å². The van der Waals surface area contributed by atoms with Gasteiger partial charge in [0.25, 0.3) is 5.91 Å². The SMILES string of the molecule is CCCCNC(=O)c1c(C#N)ccn1-c1ccccc1CC. The number of amides is 1. The third-order valence-corrected chi connectivity index (χ3v) is 3.67. The second kappa shape index (κ2) is 7.46. The van der Waals surface area contributed by atoms with Gasteiger partial charge in [0.15, 0.2) is 0 Å². The molecule has 1 heterocycles. The number of unbranched alkanes of at least 4 members (excludes halogenated alkanes) is 1. The summed E-state index contributed by atoms with van der Waals surface area (Å²) >= 11 is 0. The van der Waals surface area contributed by atoms with E-state index in [0.29, 0.717) is 17.8 Å². The van der Waals surface area contributed by atoms with Crippen LogP contribution in [0.2, 0.25) is 0 Å². The van der Waals surface area contributed by atoms with Crippen LogP contribution in [0, 0.1) is 11.3 Å². The molecule has 1 amide bonds. The molecule has 1 aromatic heterocycles. The van der Waals surface area contributed by atoms with Gasteiger partial charge < -0.3 is 9.88 Å². The van der Waals surface area contributed by atoms with Crippen LogP contribution in [0.15, 0.2) is 36.5 Å². The number of hydrogen-bond acceptors (Lipinski definition) is 2. The monoisotopic (exact) mass is 295 g/mol. The van der Waals surface area contributed by atoms with Crippen molar-refractivity contribution < 1.29 is 4.79 Å². The molecule has 2 aromatic rings. The number of aryl methyl sites for hydroxylation is 1. The molecule has 0 unspecified atom stereocenters. The van der Waals surface area contributed by atoms with Crippen molar-refractivity contribution in [1.82, 2.24) is 9.88 Å². The summed E-state index contributed by atoms with van der Waals surface area (Å²) in [5, 5.41) is 12.2. The number of carbonyl (C=O) groups excluding carboxylic acids is 1. The third kappa shape index (κ3) is 3.20. The lowest BCUT2D eigenvalue weighted by atomic mass is 10.1. The van der Waals surface area contributed by atoms with Gasteiger partial charge in [0.1, 0.15) is 11.8 Å². The van der Waals surface area contributed by atoms with Gasteiger partial charge in [-0.3, -0.25) is 4.79 Å². The van der Waals surface area contributed by atoms with E-state index in [4.69, 9.17) is 0 Å². The summed E-state index contributed by atoms with van der Waals surface area (Å²) in [6, 6.07) is 11.8. The van der Waals surface area contributed by atoms with Gasteiger partial charge in [-0.25, -0.2) is 0 Å². The van der Waals surface area contributed by atoms with Gasteiger partial charge in [0.05, 0.1) is 5.56 Å². The lowest BCUT2D eigenvalue weighted by Crippen LogP contribution is -2.27. The van der Waals surface area contributed by atoms with E-state index in [0.717, 1.165) is 30.5 Å². The van der Waals surface area contributed by atoms with E-state index in [1.54, 1.807) is 12.3 Å². The second-order valence-electron chi connectivity index (χ2n) is 5.15. The Kier molecular flexibility index (Phi) is 5.37. The molecule has 0 aliphatic heterocycles. The summed E-state index contributed by atoms with van der Waals surface area (Å²) in [7, 11) is 0. The summed E-state index contributed by atoms with van der Waals surface area (Å²) in [6.07, 6.45) is 4.61. The first kappa shape index (κ1) is 15.8. The lowest BCUT2D eigenvalue weighted by molar-refractivity contribution is 0.0946. The normalized spacial score (nSPS) is 10.2. The highest BCUT2D eigenvalue weighted by molar-refractivity contribution is 5.96. The Labute approximate surface area is 131 Å². The Morgan fingerprint density at radius 2 is 2.05 bits per heavy atom. The van der Waals surface area contributed by atoms with Crippen molar-refractivity contribution in [3.8, 4) is 11.8 Å². The quantitative estimate of drug-likeness (QED) is 0.830. The maximum absolute atomic E-state index is 12.5. The zero-order valence-electron chi connectivity index (χ0n) is 13.1. The average Bonchev–Trinajstić information content (AvgIpc) is 2.98. The number of nitrogens with one attached hydrogen (secondary N) is 1. The first-order chi connectivity index (χ1) is 10.7. The van der Waals surface area contributed by atoms with E-state index < -0.39 is 0 Å². The van der Waals surface area contributed by atoms with Crippen LogP contribution < -0.4 is 5.32 Å². The fraction of sp³-hybridized carbons (Fsp3) is 0.333. The maximum atomic E-state index is 12.5. The van der Waals surface area contributed by atoms with Crippen LogP contribution in [0.3, 0.4) is 0 Å². The van der Waals surface area contributed by atoms with Gasteiger partial charge in [0.2, 0.25) is 0 Å². The van der Waals surface area contributed by atoms with Crippen LogP contribution in [-0.4, -0.2) is 17.0 Å². The molecule has 0 spiro atoms. The van der Waals surface area contributed by atoms with Crippen LogP contribution in [0.1, 0.15) is 48.3 Å². The first-order valence-corrected chi connectivity index (χ1v) is 7.70. The molecule has 4 nitrogen and oxygen atoms in total. The van der Waals surface area contributed by atoms with E-state index in [9.17, 15) is 10.1 Å². The fourth-order valence-electron chi connectivity index (χ4n) is 2.46. The predicted molar refractivity (Wildman–Crippen MR) is 87.1 cm³/mol. The van der Waals surface area contributed by atoms with E-state index in [1.807, 2.05) is 28.8 Å². The molecule has 0 saturated carbocycles. The minimum Gasteiger partial charge on any atom is -0.351 e. The molecule has 1 aromatic carbocycles. The van der Waals surface area contributed by atoms with Crippen molar-refractivity contribution >= 4 is 5.91 Å². The van der Waals surface area contributed by atoms with Crippen molar-refractivity contribution in [1.29, 1.82) is 5.26 Å². The zero-order chi connectivity index (χ0) is 15.9. The van der Waals surface area contributed by atoms with Crippen molar-refractivity contribution in [2.75, 3.05) is 6.54 Å². The van der Waals surface area contributed by atoms with Gasteiger partial charge in [-0.15, -0.1) is 0 Å². The molecule has 22 heavy (non-hydrogen) atoms. The summed E-state index contributed by atoms with van der Waals surface area (Å²) in [5.41, 5.74) is 2.91. The van der Waals surface area contributed by atoms with Crippen LogP contribution in [-0.2, 0) is 6.42 Å². The lowest BCUT2D eigenvalue weighted by Gasteiger charge is -2.13. The molecule has 1 N–H and O–H groups in total. The largest absolute Gasteiger partial charge is 0.351 e. The standard InChI is InChI=1S/C18H21N3O/c1-3-5-11-20-18(22)17-15(13-19)10-12-21(17)16-9-7-6-8-14(16)4-2/h6-10,12H,3-5,11H2,1-2H3,(H,20,22). The van der Waals surface area contributed by atoms with Gasteiger partial charge in [0, 0.05) is 18.4 Å². The number of rotatable bonds is 6. The van der Waals surface area contributed by atoms with E-state index in [1.165, 1.54) is 0 Å². The predicted octanol–water partition coefficient (Wildman–Crippen LogP) is 3.44. The van der Waals surface area contributed by atoms with E-state index in [-0.39, 0.29) is 5.91 Å². The van der Waals surface area contributed by atoms with Crippen LogP contribution in [0.5, 0.6) is 0 Å². The molecule has 0 fully saturated rings. The number of aromatic nitrogens is 1. The minimum atomic E-state index is -0.194. The molecule has 4 heteroatoms. The number of carbonyl (C=O) groups is 1. The highest BCUT2D eigenvalue weighted by Gasteiger charge is 2.18. The van der Waals surface area contributed by atoms with Gasteiger partial charge >= 0.3 is 0 Å². The van der Waals surface area contributed by atoms with Gasteiger partial charge in [-0.1, -0.05) is 38.5 Å². The minimum absolute atomic E-state index is 0.194. The zero-order valence-corrected chi connectivity index (χ0v) is 13.1. The number of nitrogens with zero attached hydrogens (tertiary/aromatic N) is 2. The molecule has 0 bridgehead atoms. The van der Waals surface area contributed by atoms with Crippen LogP contribution >= 0.6 is 0 Å². The molecule has 0 saturated heterocycles. The molecule has 0 radical (unpaired) electrons. The summed E-state index contributed by atoms with van der Waals surface area (Å²) in [6.45, 7) is 4.78. The van der Waals surface area contributed by atoms with Crippen molar-refractivity contribution in [3.63, 3.8) is 0 Å². The second-order valence-corrected chi connectivity index (χ2v) is 5.15. The topological polar surface area (TPSA) is 57.8 Å². The molecule has 114 valence electrons.